The molecule has 0 aromatic carbocycles. The molecule has 0 aliphatic carbocycles. The van der Waals surface area contributed by atoms with Crippen LogP contribution in [0.2, 0.25) is 0 Å². The first kappa shape index (κ1) is 13.6. The summed E-state index contributed by atoms with van der Waals surface area (Å²) in [5.41, 5.74) is 2.13. The summed E-state index contributed by atoms with van der Waals surface area (Å²) in [6, 6.07) is 4.56. The Morgan fingerprint density at radius 3 is 2.95 bits per heavy atom. The molecule has 2 atom stereocenters. The van der Waals surface area contributed by atoms with Crippen molar-refractivity contribution in [2.24, 2.45) is 0 Å². The molecule has 2 aliphatic rings. The molecule has 2 aromatic rings. The number of likely N-dealkylation sites (tertiary alicyclic amines) is 1. The molecule has 4 heterocycles. The molecular weight excluding hydrogens is 280 g/mol. The van der Waals surface area contributed by atoms with Crippen LogP contribution < -0.4 is 0 Å². The molecule has 0 amide bonds. The van der Waals surface area contributed by atoms with E-state index >= 15 is 0 Å². The lowest BCUT2D eigenvalue weighted by atomic mass is 10.2. The van der Waals surface area contributed by atoms with Gasteiger partial charge >= 0.3 is 0 Å². The van der Waals surface area contributed by atoms with E-state index in [9.17, 15) is 0 Å². The zero-order chi connectivity index (χ0) is 14.2. The SMILES string of the molecule is CN1CCCC1c1nc2cccnc2n1C1CCCCS1. The molecule has 2 unspecified atom stereocenters. The van der Waals surface area contributed by atoms with Crippen LogP contribution in [0.4, 0.5) is 0 Å². The van der Waals surface area contributed by atoms with Crippen LogP contribution in [0.25, 0.3) is 11.2 Å². The van der Waals surface area contributed by atoms with E-state index in [0.717, 1.165) is 11.2 Å². The van der Waals surface area contributed by atoms with Crippen LogP contribution >= 0.6 is 11.8 Å². The molecule has 0 N–H and O–H groups in total. The molecule has 2 saturated heterocycles. The lowest BCUT2D eigenvalue weighted by Gasteiger charge is -2.27. The molecule has 21 heavy (non-hydrogen) atoms. The molecule has 112 valence electrons. The minimum absolute atomic E-state index is 0.460. The van der Waals surface area contributed by atoms with Crippen molar-refractivity contribution in [3.8, 4) is 0 Å². The average molecular weight is 302 g/mol. The van der Waals surface area contributed by atoms with Gasteiger partial charge in [-0.25, -0.2) is 9.97 Å². The predicted octanol–water partition coefficient (Wildman–Crippen LogP) is 3.61. The maximum absolute atomic E-state index is 4.97. The van der Waals surface area contributed by atoms with E-state index in [0.29, 0.717) is 11.4 Å². The second kappa shape index (κ2) is 5.61. The van der Waals surface area contributed by atoms with Gasteiger partial charge in [-0.05, 0) is 63.6 Å². The quantitative estimate of drug-likeness (QED) is 0.848. The Balaban J connectivity index is 1.84. The molecule has 5 heteroatoms. The van der Waals surface area contributed by atoms with Gasteiger partial charge in [-0.3, -0.25) is 9.47 Å². The number of hydrogen-bond acceptors (Lipinski definition) is 4. The molecule has 4 rings (SSSR count). The zero-order valence-corrected chi connectivity index (χ0v) is 13.4. The van der Waals surface area contributed by atoms with Gasteiger partial charge < -0.3 is 0 Å². The third kappa shape index (κ3) is 2.36. The van der Waals surface area contributed by atoms with Gasteiger partial charge in [0.05, 0.1) is 11.4 Å². The van der Waals surface area contributed by atoms with Crippen molar-refractivity contribution < 1.29 is 0 Å². The smallest absolute Gasteiger partial charge is 0.161 e. The first-order chi connectivity index (χ1) is 10.3. The highest BCUT2D eigenvalue weighted by molar-refractivity contribution is 7.99. The van der Waals surface area contributed by atoms with Gasteiger partial charge in [-0.2, -0.15) is 0 Å². The van der Waals surface area contributed by atoms with Crippen molar-refractivity contribution in [3.05, 3.63) is 24.2 Å². The summed E-state index contributed by atoms with van der Waals surface area (Å²) < 4.78 is 2.45. The number of imidazole rings is 1. The van der Waals surface area contributed by atoms with Crippen LogP contribution in [0, 0.1) is 0 Å². The van der Waals surface area contributed by atoms with Crippen LogP contribution in [0.5, 0.6) is 0 Å². The summed E-state index contributed by atoms with van der Waals surface area (Å²) in [5, 5.41) is 0.516. The fourth-order valence-electron chi connectivity index (χ4n) is 3.63. The van der Waals surface area contributed by atoms with E-state index in [-0.39, 0.29) is 0 Å². The van der Waals surface area contributed by atoms with Crippen LogP contribution in [0.15, 0.2) is 18.3 Å². The standard InChI is InChI=1S/C16H22N4S/c1-19-10-5-7-13(19)16-18-12-6-4-9-17-15(12)20(16)14-8-2-3-11-21-14/h4,6,9,13-14H,2-3,5,7-8,10-11H2,1H3. The summed E-state index contributed by atoms with van der Waals surface area (Å²) in [6.07, 6.45) is 8.31. The number of pyridine rings is 1. The lowest BCUT2D eigenvalue weighted by molar-refractivity contribution is 0.297. The fourth-order valence-corrected chi connectivity index (χ4v) is 4.96. The summed E-state index contributed by atoms with van der Waals surface area (Å²) in [7, 11) is 2.22. The van der Waals surface area contributed by atoms with E-state index in [4.69, 9.17) is 4.98 Å². The van der Waals surface area contributed by atoms with Crippen molar-refractivity contribution in [1.29, 1.82) is 0 Å². The summed E-state index contributed by atoms with van der Waals surface area (Å²) in [5.74, 6) is 2.50. The van der Waals surface area contributed by atoms with Gasteiger partial charge in [-0.1, -0.05) is 0 Å². The highest BCUT2D eigenvalue weighted by atomic mass is 32.2. The molecule has 0 radical (unpaired) electrons. The second-order valence-electron chi connectivity index (χ2n) is 6.15. The monoisotopic (exact) mass is 302 g/mol. The largest absolute Gasteiger partial charge is 0.299 e. The third-order valence-electron chi connectivity index (χ3n) is 4.74. The van der Waals surface area contributed by atoms with E-state index in [1.807, 2.05) is 12.3 Å². The summed E-state index contributed by atoms with van der Waals surface area (Å²) >= 11 is 2.07. The minimum atomic E-state index is 0.460. The van der Waals surface area contributed by atoms with Crippen LogP contribution in [0.1, 0.15) is 49.3 Å². The van der Waals surface area contributed by atoms with E-state index < -0.39 is 0 Å². The maximum Gasteiger partial charge on any atom is 0.161 e. The van der Waals surface area contributed by atoms with Crippen molar-refractivity contribution in [1.82, 2.24) is 19.4 Å². The van der Waals surface area contributed by atoms with Crippen molar-refractivity contribution in [3.63, 3.8) is 0 Å². The van der Waals surface area contributed by atoms with E-state index in [2.05, 4.69) is 39.3 Å². The van der Waals surface area contributed by atoms with Gasteiger partial charge in [0.15, 0.2) is 5.65 Å². The first-order valence-corrected chi connectivity index (χ1v) is 9.04. The molecule has 4 nitrogen and oxygen atoms in total. The zero-order valence-electron chi connectivity index (χ0n) is 12.5. The average Bonchev–Trinajstić information content (AvgIpc) is 3.11. The van der Waals surface area contributed by atoms with Gasteiger partial charge in [-0.15, -0.1) is 11.8 Å². The Morgan fingerprint density at radius 2 is 2.19 bits per heavy atom. The van der Waals surface area contributed by atoms with Crippen LogP contribution in [0.3, 0.4) is 0 Å². The highest BCUT2D eigenvalue weighted by Gasteiger charge is 2.31. The fraction of sp³-hybridized carbons (Fsp3) is 0.625. The Kier molecular flexibility index (Phi) is 3.63. The Morgan fingerprint density at radius 1 is 1.24 bits per heavy atom. The third-order valence-corrected chi connectivity index (χ3v) is 6.09. The van der Waals surface area contributed by atoms with Crippen LogP contribution in [-0.2, 0) is 0 Å². The molecule has 0 bridgehead atoms. The number of fused-ring (bicyclic) bond motifs is 1. The van der Waals surface area contributed by atoms with Gasteiger partial charge in [0.2, 0.25) is 0 Å². The lowest BCUT2D eigenvalue weighted by Crippen LogP contribution is -2.23. The summed E-state index contributed by atoms with van der Waals surface area (Å²) in [4.78, 5) is 12.1. The Bertz CT molecular complexity index is 632. The molecule has 0 spiro atoms. The molecule has 2 fully saturated rings. The number of thioether (sulfide) groups is 1. The van der Waals surface area contributed by atoms with E-state index in [1.54, 1.807) is 0 Å². The Hall–Kier alpha value is -1.07. The van der Waals surface area contributed by atoms with Crippen molar-refractivity contribution >= 4 is 22.9 Å². The minimum Gasteiger partial charge on any atom is -0.299 e. The first-order valence-electron chi connectivity index (χ1n) is 7.99. The normalized spacial score (nSPS) is 27.5. The number of nitrogens with zero attached hydrogens (tertiary/aromatic N) is 4. The second-order valence-corrected chi connectivity index (χ2v) is 7.43. The number of rotatable bonds is 2. The Labute approximate surface area is 129 Å². The molecule has 2 aliphatic heterocycles. The van der Waals surface area contributed by atoms with E-state index in [1.165, 1.54) is 50.2 Å². The van der Waals surface area contributed by atoms with Crippen molar-refractivity contribution in [2.75, 3.05) is 19.3 Å². The molecule has 2 aromatic heterocycles. The molecule has 0 saturated carbocycles. The number of aromatic nitrogens is 3. The van der Waals surface area contributed by atoms with Gasteiger partial charge in [0, 0.05) is 6.20 Å². The maximum atomic E-state index is 4.97. The number of hydrogen-bond donors (Lipinski definition) is 0. The topological polar surface area (TPSA) is 34.0 Å². The summed E-state index contributed by atoms with van der Waals surface area (Å²) in [6.45, 7) is 1.18. The van der Waals surface area contributed by atoms with Crippen LogP contribution in [-0.4, -0.2) is 38.8 Å². The predicted molar refractivity (Wildman–Crippen MR) is 87.5 cm³/mol. The van der Waals surface area contributed by atoms with Gasteiger partial charge in [0.1, 0.15) is 11.3 Å². The van der Waals surface area contributed by atoms with Crippen molar-refractivity contribution in [2.45, 2.75) is 43.5 Å². The highest BCUT2D eigenvalue weighted by Crippen LogP contribution is 2.40. The molecular formula is C16H22N4S. The van der Waals surface area contributed by atoms with Gasteiger partial charge in [0.25, 0.3) is 0 Å².